The summed E-state index contributed by atoms with van der Waals surface area (Å²) in [5, 5.41) is 7.55. The molecule has 0 saturated carbocycles. The number of hydrogen-bond donors (Lipinski definition) is 3. The zero-order valence-electron chi connectivity index (χ0n) is 8.42. The molecule has 0 bridgehead atoms. The number of nitrogens with one attached hydrogen (secondary N) is 3. The molecule has 0 fully saturated rings. The second-order valence-electron chi connectivity index (χ2n) is 3.26. The molecule has 1 heterocycles. The van der Waals surface area contributed by atoms with Crippen molar-refractivity contribution in [3.05, 3.63) is 22.1 Å². The van der Waals surface area contributed by atoms with Crippen LogP contribution >= 0.6 is 0 Å². The lowest BCUT2D eigenvalue weighted by Gasteiger charge is -2.01. The van der Waals surface area contributed by atoms with Crippen molar-refractivity contribution in [2.75, 3.05) is 0 Å². The number of ketones is 1. The number of H-pyrrole nitrogens is 2. The number of aromatic nitrogens is 2. The van der Waals surface area contributed by atoms with E-state index in [1.165, 1.54) is 13.0 Å². The highest BCUT2D eigenvalue weighted by Crippen LogP contribution is 1.92. The Morgan fingerprint density at radius 2 is 2.07 bits per heavy atom. The molecule has 1 aromatic rings. The monoisotopic (exact) mass is 211 g/mol. The molecule has 0 radical (unpaired) electrons. The molecular weight excluding hydrogens is 198 g/mol. The fraction of sp³-hybridized carbons (Fsp3) is 0.444. The summed E-state index contributed by atoms with van der Waals surface area (Å²) in [6, 6.07) is 1.37. The molecule has 0 aliphatic rings. The Labute approximate surface area is 86.1 Å². The van der Waals surface area contributed by atoms with Gasteiger partial charge in [0.25, 0.3) is 5.56 Å². The second-order valence-corrected chi connectivity index (χ2v) is 3.26. The van der Waals surface area contributed by atoms with Crippen LogP contribution in [-0.4, -0.2) is 21.9 Å². The highest BCUT2D eigenvalue weighted by atomic mass is 16.2. The number of carbonyl (C=O) groups excluding carboxylic acids is 2. The van der Waals surface area contributed by atoms with Crippen LogP contribution in [0, 0.1) is 0 Å². The predicted molar refractivity (Wildman–Crippen MR) is 53.2 cm³/mol. The minimum Gasteiger partial charge on any atom is -0.350 e. The molecule has 3 N–H and O–H groups in total. The molecule has 0 aromatic carbocycles. The van der Waals surface area contributed by atoms with Gasteiger partial charge in [0.2, 0.25) is 5.91 Å². The van der Waals surface area contributed by atoms with Gasteiger partial charge in [-0.25, -0.2) is 0 Å². The Bertz CT molecular complexity index is 405. The largest absolute Gasteiger partial charge is 0.350 e. The molecule has 15 heavy (non-hydrogen) atoms. The van der Waals surface area contributed by atoms with Gasteiger partial charge in [0.05, 0.1) is 12.2 Å². The number of hydrogen-bond acceptors (Lipinski definition) is 3. The third-order valence-electron chi connectivity index (χ3n) is 1.83. The second kappa shape index (κ2) is 5.14. The van der Waals surface area contributed by atoms with Gasteiger partial charge in [-0.3, -0.25) is 14.7 Å². The van der Waals surface area contributed by atoms with Gasteiger partial charge in [-0.15, -0.1) is 0 Å². The molecule has 1 aromatic heterocycles. The molecule has 6 nitrogen and oxygen atoms in total. The van der Waals surface area contributed by atoms with Crippen molar-refractivity contribution in [1.29, 1.82) is 0 Å². The molecule has 0 atom stereocenters. The van der Waals surface area contributed by atoms with Crippen LogP contribution in [0.3, 0.4) is 0 Å². The first-order valence-electron chi connectivity index (χ1n) is 4.60. The van der Waals surface area contributed by atoms with E-state index in [-0.39, 0.29) is 36.6 Å². The third-order valence-corrected chi connectivity index (χ3v) is 1.83. The number of carbonyl (C=O) groups is 2. The summed E-state index contributed by atoms with van der Waals surface area (Å²) in [7, 11) is 0. The normalized spacial score (nSPS) is 9.93. The van der Waals surface area contributed by atoms with Gasteiger partial charge in [-0.05, 0) is 6.92 Å². The Morgan fingerprint density at radius 1 is 1.33 bits per heavy atom. The lowest BCUT2D eigenvalue weighted by molar-refractivity contribution is -0.124. The van der Waals surface area contributed by atoms with E-state index in [2.05, 4.69) is 15.5 Å². The van der Waals surface area contributed by atoms with Gasteiger partial charge < -0.3 is 15.2 Å². The van der Waals surface area contributed by atoms with E-state index in [1.54, 1.807) is 0 Å². The number of aromatic amines is 2. The van der Waals surface area contributed by atoms with E-state index in [4.69, 9.17) is 0 Å². The fourth-order valence-corrected chi connectivity index (χ4v) is 1.04. The quantitative estimate of drug-likeness (QED) is 0.623. The first kappa shape index (κ1) is 11.2. The SMILES string of the molecule is CC(=O)CCC(=O)NCc1cc(=O)[nH][nH]1. The van der Waals surface area contributed by atoms with Crippen LogP contribution in [0.1, 0.15) is 25.5 Å². The maximum absolute atomic E-state index is 11.2. The van der Waals surface area contributed by atoms with Crippen LogP contribution in [0.2, 0.25) is 0 Å². The van der Waals surface area contributed by atoms with Crippen molar-refractivity contribution in [3.8, 4) is 0 Å². The number of Topliss-reactive ketones (excluding diaryl/α,β-unsaturated/α-hetero) is 1. The molecule has 1 rings (SSSR count). The molecule has 0 unspecified atom stereocenters. The minimum atomic E-state index is -0.233. The van der Waals surface area contributed by atoms with Crippen LogP contribution < -0.4 is 10.9 Å². The van der Waals surface area contributed by atoms with Crippen molar-refractivity contribution in [3.63, 3.8) is 0 Å². The highest BCUT2D eigenvalue weighted by Gasteiger charge is 2.03. The number of amides is 1. The van der Waals surface area contributed by atoms with Gasteiger partial charge in [0, 0.05) is 18.9 Å². The summed E-state index contributed by atoms with van der Waals surface area (Å²) in [6.07, 6.45) is 0.430. The van der Waals surface area contributed by atoms with Gasteiger partial charge >= 0.3 is 0 Å². The summed E-state index contributed by atoms with van der Waals surface area (Å²) >= 11 is 0. The lowest BCUT2D eigenvalue weighted by atomic mass is 10.2. The van der Waals surface area contributed by atoms with Gasteiger partial charge in [-0.1, -0.05) is 0 Å². The van der Waals surface area contributed by atoms with Crippen LogP contribution in [-0.2, 0) is 16.1 Å². The molecule has 0 aliphatic heterocycles. The van der Waals surface area contributed by atoms with E-state index < -0.39 is 0 Å². The Balaban J connectivity index is 2.28. The Kier molecular flexibility index (Phi) is 3.84. The van der Waals surface area contributed by atoms with Crippen molar-refractivity contribution in [1.82, 2.24) is 15.5 Å². The first-order valence-corrected chi connectivity index (χ1v) is 4.60. The molecule has 0 spiro atoms. The molecule has 6 heteroatoms. The summed E-state index contributed by atoms with van der Waals surface area (Å²) in [5.41, 5.74) is 0.374. The minimum absolute atomic E-state index is 0.0137. The molecule has 82 valence electrons. The maximum atomic E-state index is 11.2. The zero-order chi connectivity index (χ0) is 11.3. The fourth-order valence-electron chi connectivity index (χ4n) is 1.04. The average Bonchev–Trinajstić information content (AvgIpc) is 2.58. The van der Waals surface area contributed by atoms with Crippen LogP contribution in [0.25, 0.3) is 0 Å². The predicted octanol–water partition coefficient (Wildman–Crippen LogP) is -0.312. The highest BCUT2D eigenvalue weighted by molar-refractivity contribution is 5.83. The van der Waals surface area contributed by atoms with E-state index in [9.17, 15) is 14.4 Å². The molecule has 0 aliphatic carbocycles. The van der Waals surface area contributed by atoms with Gasteiger partial charge in [-0.2, -0.15) is 0 Å². The standard InChI is InChI=1S/C9H13N3O3/c1-6(13)2-3-8(14)10-5-7-4-9(15)12-11-7/h4H,2-3,5H2,1H3,(H,10,14)(H2,11,12,15). The first-order chi connectivity index (χ1) is 7.08. The van der Waals surface area contributed by atoms with E-state index in [0.717, 1.165) is 0 Å². The number of rotatable bonds is 5. The van der Waals surface area contributed by atoms with Crippen LogP contribution in [0.15, 0.2) is 10.9 Å². The maximum Gasteiger partial charge on any atom is 0.264 e. The zero-order valence-corrected chi connectivity index (χ0v) is 8.42. The van der Waals surface area contributed by atoms with E-state index in [1.807, 2.05) is 0 Å². The summed E-state index contributed by atoms with van der Waals surface area (Å²) in [6.45, 7) is 1.70. The van der Waals surface area contributed by atoms with Crippen LogP contribution in [0.4, 0.5) is 0 Å². The van der Waals surface area contributed by atoms with Crippen molar-refractivity contribution in [2.45, 2.75) is 26.3 Å². The summed E-state index contributed by atoms with van der Waals surface area (Å²) < 4.78 is 0. The lowest BCUT2D eigenvalue weighted by Crippen LogP contribution is -2.23. The van der Waals surface area contributed by atoms with Crippen molar-refractivity contribution < 1.29 is 9.59 Å². The smallest absolute Gasteiger partial charge is 0.264 e. The Morgan fingerprint density at radius 3 is 2.60 bits per heavy atom. The van der Waals surface area contributed by atoms with Gasteiger partial charge in [0.15, 0.2) is 0 Å². The molecule has 0 saturated heterocycles. The van der Waals surface area contributed by atoms with E-state index in [0.29, 0.717) is 5.69 Å². The molecule has 1 amide bonds. The summed E-state index contributed by atoms with van der Waals surface area (Å²) in [5.74, 6) is -0.215. The Hall–Kier alpha value is -1.85. The summed E-state index contributed by atoms with van der Waals surface area (Å²) in [4.78, 5) is 32.5. The third kappa shape index (κ3) is 4.26. The van der Waals surface area contributed by atoms with Crippen molar-refractivity contribution >= 4 is 11.7 Å². The van der Waals surface area contributed by atoms with E-state index >= 15 is 0 Å². The molecular formula is C9H13N3O3. The van der Waals surface area contributed by atoms with Crippen LogP contribution in [0.5, 0.6) is 0 Å². The average molecular weight is 211 g/mol. The van der Waals surface area contributed by atoms with Crippen molar-refractivity contribution in [2.24, 2.45) is 0 Å². The topological polar surface area (TPSA) is 94.8 Å². The van der Waals surface area contributed by atoms with Gasteiger partial charge in [0.1, 0.15) is 5.78 Å².